The van der Waals surface area contributed by atoms with E-state index < -0.39 is 16.8 Å². The zero-order valence-corrected chi connectivity index (χ0v) is 10.2. The van der Waals surface area contributed by atoms with E-state index in [0.29, 0.717) is 5.56 Å². The summed E-state index contributed by atoms with van der Waals surface area (Å²) >= 11 is 0. The lowest BCUT2D eigenvalue weighted by Gasteiger charge is -2.02. The maximum Gasteiger partial charge on any atom is 0.351 e. The third-order valence-electron chi connectivity index (χ3n) is 2.29. The van der Waals surface area contributed by atoms with Crippen molar-refractivity contribution in [1.82, 2.24) is 5.43 Å². The topological polar surface area (TPSA) is 122 Å². The average Bonchev–Trinajstić information content (AvgIpc) is 2.34. The van der Waals surface area contributed by atoms with Crippen LogP contribution in [0, 0.1) is 17.0 Å². The van der Waals surface area contributed by atoms with Crippen LogP contribution in [0.2, 0.25) is 0 Å². The molecule has 1 rings (SSSR count). The van der Waals surface area contributed by atoms with Crippen LogP contribution in [0.15, 0.2) is 23.3 Å². The molecule has 0 heterocycles. The number of nitro groups is 1. The molecule has 0 aliphatic heterocycles. The minimum absolute atomic E-state index is 0.0956. The van der Waals surface area contributed by atoms with Crippen molar-refractivity contribution < 1.29 is 19.6 Å². The molecule has 0 fully saturated rings. The third kappa shape index (κ3) is 3.60. The van der Waals surface area contributed by atoms with Crippen molar-refractivity contribution in [3.05, 3.63) is 39.4 Å². The zero-order valence-electron chi connectivity index (χ0n) is 10.2. The normalized spacial score (nSPS) is 10.9. The molecule has 1 amide bonds. The van der Waals surface area contributed by atoms with Gasteiger partial charge in [0, 0.05) is 17.2 Å². The molecular formula is C11H11N3O5. The molecule has 8 heteroatoms. The molecule has 1 aromatic carbocycles. The Morgan fingerprint density at radius 1 is 1.42 bits per heavy atom. The Morgan fingerprint density at radius 2 is 2.05 bits per heavy atom. The fraction of sp³-hybridized carbons (Fsp3) is 0.182. The van der Waals surface area contributed by atoms with Crippen molar-refractivity contribution >= 4 is 23.3 Å². The lowest BCUT2D eigenvalue weighted by Crippen LogP contribution is -2.21. The average molecular weight is 265 g/mol. The molecule has 100 valence electrons. The van der Waals surface area contributed by atoms with E-state index in [0.717, 1.165) is 0 Å². The number of rotatable bonds is 4. The number of hydrazone groups is 1. The van der Waals surface area contributed by atoms with E-state index >= 15 is 0 Å². The highest BCUT2D eigenvalue weighted by molar-refractivity contribution is 6.34. The Bertz CT molecular complexity index is 580. The van der Waals surface area contributed by atoms with E-state index in [-0.39, 0.29) is 17.0 Å². The Morgan fingerprint density at radius 3 is 2.53 bits per heavy atom. The lowest BCUT2D eigenvalue weighted by atomic mass is 10.1. The summed E-state index contributed by atoms with van der Waals surface area (Å²) in [7, 11) is 0. The number of nitrogens with one attached hydrogen (secondary N) is 1. The molecule has 0 saturated heterocycles. The Labute approximate surface area is 107 Å². The summed E-state index contributed by atoms with van der Waals surface area (Å²) < 4.78 is 0. The van der Waals surface area contributed by atoms with E-state index in [1.54, 1.807) is 0 Å². The van der Waals surface area contributed by atoms with Gasteiger partial charge in [0.1, 0.15) is 5.71 Å². The molecule has 0 aliphatic rings. The second kappa shape index (κ2) is 5.71. The van der Waals surface area contributed by atoms with Gasteiger partial charge in [-0.3, -0.25) is 14.9 Å². The minimum atomic E-state index is -1.25. The standard InChI is InChI=1S/C11H11N3O5/c1-6-5-8(3-4-9(6)14(18)19)10(15)13-12-7(2)11(16)17/h3-5H,1-2H3,(H,13,15)(H,16,17)/b12-7-. The van der Waals surface area contributed by atoms with Gasteiger partial charge in [0.15, 0.2) is 0 Å². The first-order chi connectivity index (χ1) is 8.82. The molecule has 19 heavy (non-hydrogen) atoms. The number of benzene rings is 1. The molecule has 0 aromatic heterocycles. The summed E-state index contributed by atoms with van der Waals surface area (Å²) in [6.45, 7) is 2.73. The number of amides is 1. The summed E-state index contributed by atoms with van der Waals surface area (Å²) in [6.07, 6.45) is 0. The van der Waals surface area contributed by atoms with Gasteiger partial charge in [-0.25, -0.2) is 10.2 Å². The number of aryl methyl sites for hydroxylation is 1. The van der Waals surface area contributed by atoms with E-state index in [1.807, 2.05) is 0 Å². The van der Waals surface area contributed by atoms with Gasteiger partial charge in [-0.2, -0.15) is 5.10 Å². The van der Waals surface area contributed by atoms with Crippen molar-refractivity contribution in [2.75, 3.05) is 0 Å². The number of carbonyl (C=O) groups excluding carboxylic acids is 1. The van der Waals surface area contributed by atoms with Crippen LogP contribution in [-0.4, -0.2) is 27.6 Å². The van der Waals surface area contributed by atoms with Crippen LogP contribution in [-0.2, 0) is 4.79 Å². The Balaban J connectivity index is 2.90. The van der Waals surface area contributed by atoms with Crippen LogP contribution < -0.4 is 5.43 Å². The second-order valence-electron chi connectivity index (χ2n) is 3.70. The minimum Gasteiger partial charge on any atom is -0.477 e. The molecular weight excluding hydrogens is 254 g/mol. The molecule has 0 bridgehead atoms. The van der Waals surface area contributed by atoms with E-state index in [1.165, 1.54) is 32.0 Å². The molecule has 0 atom stereocenters. The molecule has 0 radical (unpaired) electrons. The number of nitrogens with zero attached hydrogens (tertiary/aromatic N) is 2. The first kappa shape index (κ1) is 14.3. The van der Waals surface area contributed by atoms with Crippen LogP contribution in [0.5, 0.6) is 0 Å². The number of carboxylic acid groups (broad SMARTS) is 1. The maximum absolute atomic E-state index is 11.6. The summed E-state index contributed by atoms with van der Waals surface area (Å²) in [6, 6.07) is 3.81. The van der Waals surface area contributed by atoms with Crippen LogP contribution >= 0.6 is 0 Å². The van der Waals surface area contributed by atoms with Crippen molar-refractivity contribution in [3.8, 4) is 0 Å². The number of hydrogen-bond acceptors (Lipinski definition) is 5. The Hall–Kier alpha value is -2.77. The molecule has 1 aromatic rings. The van der Waals surface area contributed by atoms with E-state index in [9.17, 15) is 19.7 Å². The lowest BCUT2D eigenvalue weighted by molar-refractivity contribution is -0.385. The number of aliphatic carboxylic acids is 1. The molecule has 2 N–H and O–H groups in total. The van der Waals surface area contributed by atoms with Gasteiger partial charge >= 0.3 is 5.97 Å². The molecule has 0 saturated carbocycles. The zero-order chi connectivity index (χ0) is 14.6. The smallest absolute Gasteiger partial charge is 0.351 e. The molecule has 0 aliphatic carbocycles. The number of hydrogen-bond donors (Lipinski definition) is 2. The second-order valence-corrected chi connectivity index (χ2v) is 3.70. The first-order valence-electron chi connectivity index (χ1n) is 5.16. The first-order valence-corrected chi connectivity index (χ1v) is 5.16. The third-order valence-corrected chi connectivity index (χ3v) is 2.29. The fourth-order valence-corrected chi connectivity index (χ4v) is 1.25. The fourth-order valence-electron chi connectivity index (χ4n) is 1.25. The van der Waals surface area contributed by atoms with Gasteiger partial charge in [-0.15, -0.1) is 0 Å². The Kier molecular flexibility index (Phi) is 4.30. The maximum atomic E-state index is 11.6. The van der Waals surface area contributed by atoms with Crippen molar-refractivity contribution in [2.45, 2.75) is 13.8 Å². The quantitative estimate of drug-likeness (QED) is 0.479. The van der Waals surface area contributed by atoms with Crippen molar-refractivity contribution in [3.63, 3.8) is 0 Å². The van der Waals surface area contributed by atoms with Gasteiger partial charge in [0.25, 0.3) is 11.6 Å². The van der Waals surface area contributed by atoms with Crippen molar-refractivity contribution in [2.24, 2.45) is 5.10 Å². The molecule has 0 unspecified atom stereocenters. The summed E-state index contributed by atoms with van der Waals surface area (Å²) in [5.74, 6) is -1.89. The van der Waals surface area contributed by atoms with E-state index in [2.05, 4.69) is 10.5 Å². The summed E-state index contributed by atoms with van der Waals surface area (Å²) in [5, 5.41) is 22.5. The highest BCUT2D eigenvalue weighted by Crippen LogP contribution is 2.18. The number of carbonyl (C=O) groups is 2. The van der Waals surface area contributed by atoms with Crippen LogP contribution in [0.1, 0.15) is 22.8 Å². The van der Waals surface area contributed by atoms with Crippen LogP contribution in [0.25, 0.3) is 0 Å². The summed E-state index contributed by atoms with van der Waals surface area (Å²) in [5.41, 5.74) is 2.18. The number of nitro benzene ring substituents is 1. The van der Waals surface area contributed by atoms with Crippen LogP contribution in [0.3, 0.4) is 0 Å². The van der Waals surface area contributed by atoms with Crippen molar-refractivity contribution in [1.29, 1.82) is 0 Å². The van der Waals surface area contributed by atoms with Gasteiger partial charge in [0.05, 0.1) is 4.92 Å². The predicted molar refractivity (Wildman–Crippen MR) is 66.0 cm³/mol. The van der Waals surface area contributed by atoms with E-state index in [4.69, 9.17) is 5.11 Å². The summed E-state index contributed by atoms with van der Waals surface area (Å²) in [4.78, 5) is 32.1. The molecule has 0 spiro atoms. The van der Waals surface area contributed by atoms with Gasteiger partial charge in [0.2, 0.25) is 0 Å². The predicted octanol–water partition coefficient (Wildman–Crippen LogP) is 1.09. The monoisotopic (exact) mass is 265 g/mol. The SMILES string of the molecule is C/C(=N/NC(=O)c1ccc([N+](=O)[O-])c(C)c1)C(=O)O. The number of carboxylic acids is 1. The highest BCUT2D eigenvalue weighted by atomic mass is 16.6. The van der Waals surface area contributed by atoms with Gasteiger partial charge in [-0.05, 0) is 26.0 Å². The molecule has 8 nitrogen and oxygen atoms in total. The van der Waals surface area contributed by atoms with Gasteiger partial charge < -0.3 is 5.11 Å². The van der Waals surface area contributed by atoms with Gasteiger partial charge in [-0.1, -0.05) is 0 Å². The van der Waals surface area contributed by atoms with Crippen LogP contribution in [0.4, 0.5) is 5.69 Å². The largest absolute Gasteiger partial charge is 0.477 e. The highest BCUT2D eigenvalue weighted by Gasteiger charge is 2.13.